The molecular formula is C14H22N2O. The third kappa shape index (κ3) is 2.61. The molecule has 1 aliphatic rings. The Kier molecular flexibility index (Phi) is 3.69. The SMILES string of the molecule is CC1(C)CNCC(CCO)N1c1ccccc1. The summed E-state index contributed by atoms with van der Waals surface area (Å²) in [5, 5.41) is 12.7. The number of piperazine rings is 1. The van der Waals surface area contributed by atoms with Gasteiger partial charge in [0.15, 0.2) is 0 Å². The molecule has 3 nitrogen and oxygen atoms in total. The molecule has 0 radical (unpaired) electrons. The number of para-hydroxylation sites is 1. The Bertz CT molecular complexity index is 348. The summed E-state index contributed by atoms with van der Waals surface area (Å²) in [6.07, 6.45) is 0.811. The highest BCUT2D eigenvalue weighted by molar-refractivity contribution is 5.50. The molecule has 1 aromatic rings. The fourth-order valence-corrected chi connectivity index (χ4v) is 2.74. The molecule has 0 aromatic heterocycles. The number of nitrogens with zero attached hydrogens (tertiary/aromatic N) is 1. The van der Waals surface area contributed by atoms with Crippen molar-refractivity contribution >= 4 is 5.69 Å². The van der Waals surface area contributed by atoms with Gasteiger partial charge >= 0.3 is 0 Å². The van der Waals surface area contributed by atoms with Gasteiger partial charge in [-0.2, -0.15) is 0 Å². The number of rotatable bonds is 3. The van der Waals surface area contributed by atoms with Crippen molar-refractivity contribution in [2.45, 2.75) is 31.8 Å². The van der Waals surface area contributed by atoms with E-state index in [1.165, 1.54) is 5.69 Å². The fourth-order valence-electron chi connectivity index (χ4n) is 2.74. The van der Waals surface area contributed by atoms with Crippen molar-refractivity contribution in [3.63, 3.8) is 0 Å². The number of aliphatic hydroxyl groups excluding tert-OH is 1. The van der Waals surface area contributed by atoms with E-state index < -0.39 is 0 Å². The van der Waals surface area contributed by atoms with Gasteiger partial charge in [0.2, 0.25) is 0 Å². The Morgan fingerprint density at radius 2 is 2.06 bits per heavy atom. The summed E-state index contributed by atoms with van der Waals surface area (Å²) in [4.78, 5) is 2.44. The second kappa shape index (κ2) is 5.07. The first-order chi connectivity index (χ1) is 8.15. The van der Waals surface area contributed by atoms with Crippen LogP contribution in [0.15, 0.2) is 30.3 Å². The van der Waals surface area contributed by atoms with Crippen LogP contribution in [-0.4, -0.2) is 36.4 Å². The molecule has 0 aliphatic carbocycles. The summed E-state index contributed by atoms with van der Waals surface area (Å²) in [5.41, 5.74) is 1.33. The number of hydrogen-bond acceptors (Lipinski definition) is 3. The molecule has 1 fully saturated rings. The van der Waals surface area contributed by atoms with Crippen molar-refractivity contribution in [2.24, 2.45) is 0 Å². The Morgan fingerprint density at radius 1 is 1.35 bits per heavy atom. The zero-order valence-corrected chi connectivity index (χ0v) is 10.7. The minimum atomic E-state index is 0.0828. The topological polar surface area (TPSA) is 35.5 Å². The van der Waals surface area contributed by atoms with Crippen LogP contribution in [0.25, 0.3) is 0 Å². The van der Waals surface area contributed by atoms with Crippen LogP contribution in [0.3, 0.4) is 0 Å². The van der Waals surface area contributed by atoms with Crippen molar-refractivity contribution in [1.82, 2.24) is 5.32 Å². The van der Waals surface area contributed by atoms with Crippen molar-refractivity contribution in [3.05, 3.63) is 30.3 Å². The highest BCUT2D eigenvalue weighted by atomic mass is 16.3. The first kappa shape index (κ1) is 12.4. The first-order valence-corrected chi connectivity index (χ1v) is 6.31. The normalized spacial score (nSPS) is 23.7. The van der Waals surface area contributed by atoms with Crippen molar-refractivity contribution in [2.75, 3.05) is 24.6 Å². The molecule has 3 heteroatoms. The molecule has 0 amide bonds. The predicted molar refractivity (Wildman–Crippen MR) is 71.4 cm³/mol. The Labute approximate surface area is 103 Å². The van der Waals surface area contributed by atoms with Crippen LogP contribution in [0, 0.1) is 0 Å². The van der Waals surface area contributed by atoms with E-state index in [1.54, 1.807) is 0 Å². The third-order valence-electron chi connectivity index (χ3n) is 3.45. The molecule has 2 N–H and O–H groups in total. The van der Waals surface area contributed by atoms with Crippen LogP contribution in [0.4, 0.5) is 5.69 Å². The zero-order valence-electron chi connectivity index (χ0n) is 10.7. The lowest BCUT2D eigenvalue weighted by molar-refractivity contribution is 0.241. The molecule has 1 saturated heterocycles. The van der Waals surface area contributed by atoms with Crippen LogP contribution < -0.4 is 10.2 Å². The minimum Gasteiger partial charge on any atom is -0.396 e. The highest BCUT2D eigenvalue weighted by Crippen LogP contribution is 2.29. The van der Waals surface area contributed by atoms with Gasteiger partial charge < -0.3 is 15.3 Å². The first-order valence-electron chi connectivity index (χ1n) is 6.31. The predicted octanol–water partition coefficient (Wildman–Crippen LogP) is 1.63. The Morgan fingerprint density at radius 3 is 2.71 bits per heavy atom. The van der Waals surface area contributed by atoms with Gasteiger partial charge in [0.25, 0.3) is 0 Å². The van der Waals surface area contributed by atoms with E-state index in [0.29, 0.717) is 6.04 Å². The molecule has 2 rings (SSSR count). The smallest absolute Gasteiger partial charge is 0.0473 e. The largest absolute Gasteiger partial charge is 0.396 e. The number of aliphatic hydroxyl groups is 1. The zero-order chi connectivity index (χ0) is 12.3. The van der Waals surface area contributed by atoms with E-state index in [-0.39, 0.29) is 12.1 Å². The lowest BCUT2D eigenvalue weighted by atomic mass is 9.94. The van der Waals surface area contributed by atoms with E-state index in [4.69, 9.17) is 0 Å². The molecule has 0 bridgehead atoms. The van der Waals surface area contributed by atoms with Gasteiger partial charge in [-0.05, 0) is 32.4 Å². The number of nitrogens with one attached hydrogen (secondary N) is 1. The molecule has 0 saturated carbocycles. The quantitative estimate of drug-likeness (QED) is 0.834. The lowest BCUT2D eigenvalue weighted by Gasteiger charge is -2.49. The van der Waals surface area contributed by atoms with Crippen LogP contribution in [-0.2, 0) is 0 Å². The summed E-state index contributed by atoms with van der Waals surface area (Å²) >= 11 is 0. The molecule has 1 unspecified atom stereocenters. The van der Waals surface area contributed by atoms with Crippen molar-refractivity contribution in [1.29, 1.82) is 0 Å². The third-order valence-corrected chi connectivity index (χ3v) is 3.45. The maximum atomic E-state index is 9.20. The van der Waals surface area contributed by atoms with Crippen LogP contribution in [0.1, 0.15) is 20.3 Å². The molecule has 94 valence electrons. The van der Waals surface area contributed by atoms with Gasteiger partial charge in [-0.3, -0.25) is 0 Å². The molecule has 1 atom stereocenters. The molecule has 0 spiro atoms. The fraction of sp³-hybridized carbons (Fsp3) is 0.571. The van der Waals surface area contributed by atoms with Crippen molar-refractivity contribution < 1.29 is 5.11 Å². The van der Waals surface area contributed by atoms with Crippen LogP contribution in [0.5, 0.6) is 0 Å². The number of anilines is 1. The van der Waals surface area contributed by atoms with Crippen molar-refractivity contribution in [3.8, 4) is 0 Å². The van der Waals surface area contributed by atoms with Crippen LogP contribution in [0.2, 0.25) is 0 Å². The van der Waals surface area contributed by atoms with E-state index in [2.05, 4.69) is 48.3 Å². The van der Waals surface area contributed by atoms with Gasteiger partial charge in [0.05, 0.1) is 0 Å². The summed E-state index contributed by atoms with van der Waals surface area (Å²) in [6.45, 7) is 6.65. The monoisotopic (exact) mass is 234 g/mol. The molecule has 1 heterocycles. The van der Waals surface area contributed by atoms with Gasteiger partial charge in [-0.25, -0.2) is 0 Å². The van der Waals surface area contributed by atoms with E-state index >= 15 is 0 Å². The summed E-state index contributed by atoms with van der Waals surface area (Å²) in [6, 6.07) is 10.9. The molecule has 1 aromatic carbocycles. The summed E-state index contributed by atoms with van der Waals surface area (Å²) < 4.78 is 0. The van der Waals surface area contributed by atoms with Gasteiger partial charge in [-0.15, -0.1) is 0 Å². The van der Waals surface area contributed by atoms with Gasteiger partial charge in [0.1, 0.15) is 0 Å². The molecule has 1 aliphatic heterocycles. The number of hydrogen-bond donors (Lipinski definition) is 2. The standard InChI is InChI=1S/C14H22N2O/c1-14(2)11-15-10-13(8-9-17)16(14)12-6-4-3-5-7-12/h3-7,13,15,17H,8-11H2,1-2H3. The maximum Gasteiger partial charge on any atom is 0.0473 e. The van der Waals surface area contributed by atoms with Crippen LogP contribution >= 0.6 is 0 Å². The Hall–Kier alpha value is -1.06. The van der Waals surface area contributed by atoms with E-state index in [9.17, 15) is 5.11 Å². The molecular weight excluding hydrogens is 212 g/mol. The summed E-state index contributed by atoms with van der Waals surface area (Å²) in [5.74, 6) is 0. The number of benzene rings is 1. The second-order valence-electron chi connectivity index (χ2n) is 5.31. The average molecular weight is 234 g/mol. The van der Waals surface area contributed by atoms with Gasteiger partial charge in [0, 0.05) is 37.0 Å². The second-order valence-corrected chi connectivity index (χ2v) is 5.31. The van der Waals surface area contributed by atoms with E-state index in [1.807, 2.05) is 6.07 Å². The Balaban J connectivity index is 2.29. The molecule has 17 heavy (non-hydrogen) atoms. The lowest BCUT2D eigenvalue weighted by Crippen LogP contribution is -2.63. The highest BCUT2D eigenvalue weighted by Gasteiger charge is 2.35. The average Bonchev–Trinajstić information content (AvgIpc) is 2.29. The maximum absolute atomic E-state index is 9.20. The summed E-state index contributed by atoms with van der Waals surface area (Å²) in [7, 11) is 0. The van der Waals surface area contributed by atoms with Gasteiger partial charge in [-0.1, -0.05) is 18.2 Å². The minimum absolute atomic E-state index is 0.0828. The van der Waals surface area contributed by atoms with E-state index in [0.717, 1.165) is 19.5 Å².